The van der Waals surface area contributed by atoms with Gasteiger partial charge in [0, 0.05) is 34.6 Å². The zero-order valence-electron chi connectivity index (χ0n) is 18.0. The largest absolute Gasteiger partial charge is 0.489 e. The lowest BCUT2D eigenvalue weighted by Gasteiger charge is -2.39. The highest BCUT2D eigenvalue weighted by molar-refractivity contribution is 7.92. The predicted octanol–water partition coefficient (Wildman–Crippen LogP) is 5.96. The molecular weight excluding hydrogens is 520 g/mol. The molecule has 2 saturated heterocycles. The van der Waals surface area contributed by atoms with Crippen LogP contribution in [0.2, 0.25) is 10.0 Å². The fourth-order valence-corrected chi connectivity index (χ4v) is 6.89. The molecule has 2 aliphatic heterocycles. The van der Waals surface area contributed by atoms with E-state index in [1.54, 1.807) is 29.1 Å². The molecule has 0 spiro atoms. The van der Waals surface area contributed by atoms with E-state index in [0.29, 0.717) is 22.9 Å². The third-order valence-electron chi connectivity index (χ3n) is 6.38. The maximum absolute atomic E-state index is 14.3. The van der Waals surface area contributed by atoms with Gasteiger partial charge in [-0.25, -0.2) is 17.8 Å². The second kappa shape index (κ2) is 9.62. The Morgan fingerprint density at radius 1 is 1.15 bits per heavy atom. The molecule has 0 amide bonds. The van der Waals surface area contributed by atoms with Crippen LogP contribution in [0, 0.1) is 5.82 Å². The molecule has 0 saturated carbocycles. The second-order valence-electron chi connectivity index (χ2n) is 8.58. The van der Waals surface area contributed by atoms with Crippen LogP contribution in [0.25, 0.3) is 0 Å². The van der Waals surface area contributed by atoms with Gasteiger partial charge in [0.05, 0.1) is 15.4 Å². The molecule has 2 aromatic carbocycles. The first-order valence-corrected chi connectivity index (χ1v) is 14.0. The molecule has 3 aromatic rings. The standard InChI is InChI=1S/C23H22Cl2FN3O3S2/c24-15-1-5-21(26)14(7-15)11-29-16-2-3-17(29)9-18(8-16)32-22-6-4-19(10-20(22)25)34(30,31)28-23-12-33-13-27-23/h1,4-7,10,12-13,16-18,28H,2-3,8-9,11H2/t16-,17+,18+. The molecule has 0 radical (unpaired) electrons. The predicted molar refractivity (Wildman–Crippen MR) is 132 cm³/mol. The fourth-order valence-electron chi connectivity index (χ4n) is 4.82. The smallest absolute Gasteiger partial charge is 0.263 e. The van der Waals surface area contributed by atoms with Gasteiger partial charge in [0.2, 0.25) is 0 Å². The number of benzene rings is 2. The highest BCUT2D eigenvalue weighted by Gasteiger charge is 2.41. The monoisotopic (exact) mass is 541 g/mol. The summed E-state index contributed by atoms with van der Waals surface area (Å²) in [6, 6.07) is 9.67. The third-order valence-corrected chi connectivity index (χ3v) is 8.85. The van der Waals surface area contributed by atoms with Gasteiger partial charge in [-0.15, -0.1) is 11.3 Å². The number of sulfonamides is 1. The first-order valence-electron chi connectivity index (χ1n) is 10.9. The van der Waals surface area contributed by atoms with E-state index in [-0.39, 0.29) is 39.7 Å². The van der Waals surface area contributed by atoms with Gasteiger partial charge >= 0.3 is 0 Å². The molecule has 3 atom stereocenters. The molecule has 2 fully saturated rings. The highest BCUT2D eigenvalue weighted by Crippen LogP contribution is 2.40. The van der Waals surface area contributed by atoms with Crippen molar-refractivity contribution < 1.29 is 17.5 Å². The van der Waals surface area contributed by atoms with Crippen molar-refractivity contribution in [1.29, 1.82) is 0 Å². The lowest BCUT2D eigenvalue weighted by atomic mass is 9.98. The van der Waals surface area contributed by atoms with Crippen molar-refractivity contribution in [2.75, 3.05) is 4.72 Å². The van der Waals surface area contributed by atoms with Gasteiger partial charge in [-0.05, 0) is 62.1 Å². The lowest BCUT2D eigenvalue weighted by molar-refractivity contribution is 0.0439. The van der Waals surface area contributed by atoms with Gasteiger partial charge in [0.25, 0.3) is 10.0 Å². The summed E-state index contributed by atoms with van der Waals surface area (Å²) in [4.78, 5) is 6.33. The van der Waals surface area contributed by atoms with Crippen molar-refractivity contribution >= 4 is 50.4 Å². The number of rotatable bonds is 7. The summed E-state index contributed by atoms with van der Waals surface area (Å²) in [5.74, 6) is 0.475. The zero-order valence-corrected chi connectivity index (χ0v) is 21.1. The summed E-state index contributed by atoms with van der Waals surface area (Å²) >= 11 is 13.8. The van der Waals surface area contributed by atoms with E-state index >= 15 is 0 Å². The molecule has 1 aromatic heterocycles. The summed E-state index contributed by atoms with van der Waals surface area (Å²) in [5, 5.41) is 2.37. The summed E-state index contributed by atoms with van der Waals surface area (Å²) < 4.78 is 48.1. The Morgan fingerprint density at radius 2 is 1.91 bits per heavy atom. The van der Waals surface area contributed by atoms with Crippen molar-refractivity contribution in [3.63, 3.8) is 0 Å². The summed E-state index contributed by atoms with van der Waals surface area (Å²) in [6.07, 6.45) is 3.59. The van der Waals surface area contributed by atoms with Crippen LogP contribution in [0.15, 0.2) is 52.2 Å². The minimum atomic E-state index is -3.80. The molecule has 5 rings (SSSR count). The van der Waals surface area contributed by atoms with Crippen LogP contribution >= 0.6 is 34.5 Å². The molecule has 0 aliphatic carbocycles. The minimum absolute atomic E-state index is 0.0382. The molecule has 180 valence electrons. The summed E-state index contributed by atoms with van der Waals surface area (Å²) in [7, 11) is -3.80. The Hall–Kier alpha value is -1.91. The Kier molecular flexibility index (Phi) is 6.74. The average Bonchev–Trinajstić information content (AvgIpc) is 3.37. The summed E-state index contributed by atoms with van der Waals surface area (Å²) in [6.45, 7) is 0.522. The van der Waals surface area contributed by atoms with E-state index in [2.05, 4.69) is 14.6 Å². The van der Waals surface area contributed by atoms with E-state index in [0.717, 1.165) is 25.7 Å². The maximum atomic E-state index is 14.3. The molecular formula is C23H22Cl2FN3O3S2. The van der Waals surface area contributed by atoms with Crippen molar-refractivity contribution in [3.8, 4) is 5.75 Å². The fraction of sp³-hybridized carbons (Fsp3) is 0.348. The SMILES string of the molecule is O=S(=O)(Nc1cscn1)c1ccc(O[C@H]2C[C@H]3CC[C@@H](C2)N3Cc2cc(Cl)ccc2F)c(Cl)c1. The minimum Gasteiger partial charge on any atom is -0.489 e. The third kappa shape index (κ3) is 5.04. The van der Waals surface area contributed by atoms with Crippen LogP contribution < -0.4 is 9.46 Å². The number of aromatic nitrogens is 1. The lowest BCUT2D eigenvalue weighted by Crippen LogP contribution is -2.45. The van der Waals surface area contributed by atoms with E-state index in [9.17, 15) is 12.8 Å². The Bertz CT molecular complexity index is 1280. The van der Waals surface area contributed by atoms with Crippen LogP contribution in [0.4, 0.5) is 10.2 Å². The van der Waals surface area contributed by atoms with E-state index in [1.165, 1.54) is 29.5 Å². The number of hydrogen-bond acceptors (Lipinski definition) is 6. The molecule has 2 bridgehead atoms. The van der Waals surface area contributed by atoms with E-state index in [1.807, 2.05) is 0 Å². The molecule has 2 aliphatic rings. The Morgan fingerprint density at radius 3 is 2.59 bits per heavy atom. The summed E-state index contributed by atoms with van der Waals surface area (Å²) in [5.41, 5.74) is 2.15. The molecule has 3 heterocycles. The molecule has 11 heteroatoms. The number of ether oxygens (including phenoxy) is 1. The van der Waals surface area contributed by atoms with Crippen molar-refractivity contribution in [1.82, 2.24) is 9.88 Å². The van der Waals surface area contributed by atoms with Gasteiger partial charge in [-0.2, -0.15) is 0 Å². The average molecular weight is 542 g/mol. The normalized spacial score (nSPS) is 22.6. The van der Waals surface area contributed by atoms with Gasteiger partial charge < -0.3 is 4.74 Å². The number of nitrogens with zero attached hydrogens (tertiary/aromatic N) is 2. The number of thiazole rings is 1. The van der Waals surface area contributed by atoms with Crippen LogP contribution in [-0.4, -0.2) is 36.5 Å². The zero-order chi connectivity index (χ0) is 23.9. The van der Waals surface area contributed by atoms with Crippen molar-refractivity contribution in [3.05, 3.63) is 68.7 Å². The first-order chi connectivity index (χ1) is 16.3. The number of fused-ring (bicyclic) bond motifs is 2. The van der Waals surface area contributed by atoms with Crippen LogP contribution in [0.1, 0.15) is 31.2 Å². The van der Waals surface area contributed by atoms with Crippen molar-refractivity contribution in [2.24, 2.45) is 0 Å². The second-order valence-corrected chi connectivity index (χ2v) is 11.8. The number of halogens is 3. The van der Waals surface area contributed by atoms with Gasteiger partial charge in [-0.1, -0.05) is 23.2 Å². The van der Waals surface area contributed by atoms with Crippen LogP contribution in [-0.2, 0) is 16.6 Å². The Balaban J connectivity index is 1.25. The van der Waals surface area contributed by atoms with E-state index < -0.39 is 10.0 Å². The number of hydrogen-bond donors (Lipinski definition) is 1. The van der Waals surface area contributed by atoms with Crippen molar-refractivity contribution in [2.45, 2.75) is 55.3 Å². The molecule has 0 unspecified atom stereocenters. The molecule has 34 heavy (non-hydrogen) atoms. The topological polar surface area (TPSA) is 71.5 Å². The first kappa shape index (κ1) is 23.8. The maximum Gasteiger partial charge on any atom is 0.263 e. The number of piperidine rings is 1. The van der Waals surface area contributed by atoms with Gasteiger partial charge in [0.15, 0.2) is 5.82 Å². The quantitative estimate of drug-likeness (QED) is 0.399. The van der Waals surface area contributed by atoms with Gasteiger partial charge in [0.1, 0.15) is 17.7 Å². The molecule has 6 nitrogen and oxygen atoms in total. The highest BCUT2D eigenvalue weighted by atomic mass is 35.5. The molecule has 1 N–H and O–H groups in total. The van der Waals surface area contributed by atoms with E-state index in [4.69, 9.17) is 27.9 Å². The van der Waals surface area contributed by atoms with Crippen LogP contribution in [0.3, 0.4) is 0 Å². The number of nitrogens with one attached hydrogen (secondary N) is 1. The van der Waals surface area contributed by atoms with Gasteiger partial charge in [-0.3, -0.25) is 9.62 Å². The van der Waals surface area contributed by atoms with Crippen LogP contribution in [0.5, 0.6) is 5.75 Å². The number of anilines is 1. The Labute approximate surface area is 211 Å².